The molecule has 0 amide bonds. The summed E-state index contributed by atoms with van der Waals surface area (Å²) in [5, 5.41) is 45.5. The van der Waals surface area contributed by atoms with Crippen molar-refractivity contribution >= 4 is 0 Å². The van der Waals surface area contributed by atoms with Crippen LogP contribution in [0, 0.1) is 0 Å². The first-order chi connectivity index (χ1) is 7.04. The Morgan fingerprint density at radius 3 is 2.13 bits per heavy atom. The molecule has 0 aromatic carbocycles. The van der Waals surface area contributed by atoms with Crippen molar-refractivity contribution in [1.82, 2.24) is 0 Å². The fourth-order valence-electron chi connectivity index (χ4n) is 0.987. The first kappa shape index (κ1) is 14.7. The maximum Gasteiger partial charge on any atom is 0.183 e. The van der Waals surface area contributed by atoms with E-state index in [1.54, 1.807) is 0 Å². The summed E-state index contributed by atoms with van der Waals surface area (Å²) in [6, 6.07) is 0. The summed E-state index contributed by atoms with van der Waals surface area (Å²) >= 11 is 0. The van der Waals surface area contributed by atoms with Gasteiger partial charge in [0.2, 0.25) is 0 Å². The van der Waals surface area contributed by atoms with E-state index < -0.39 is 24.6 Å². The zero-order valence-corrected chi connectivity index (χ0v) is 8.36. The highest BCUT2D eigenvalue weighted by Crippen LogP contribution is 2.08. The van der Waals surface area contributed by atoms with E-state index in [1.165, 1.54) is 0 Å². The molecule has 0 aliphatic heterocycles. The lowest BCUT2D eigenvalue weighted by atomic mass is 10.1. The van der Waals surface area contributed by atoms with Gasteiger partial charge in [0.25, 0.3) is 0 Å². The van der Waals surface area contributed by atoms with E-state index in [2.05, 4.69) is 4.74 Å². The third kappa shape index (κ3) is 5.38. The summed E-state index contributed by atoms with van der Waals surface area (Å²) in [7, 11) is 0. The summed E-state index contributed by atoms with van der Waals surface area (Å²) in [4.78, 5) is 0. The van der Waals surface area contributed by atoms with Gasteiger partial charge in [-0.3, -0.25) is 0 Å². The normalized spacial score (nSPS) is 19.6. The molecule has 15 heavy (non-hydrogen) atoms. The van der Waals surface area contributed by atoms with Gasteiger partial charge in [-0.2, -0.15) is 0 Å². The van der Waals surface area contributed by atoms with Crippen LogP contribution in [0.15, 0.2) is 0 Å². The molecule has 0 saturated heterocycles. The molecule has 0 aliphatic carbocycles. The largest absolute Gasteiger partial charge is 0.396 e. The van der Waals surface area contributed by atoms with Gasteiger partial charge >= 0.3 is 0 Å². The molecule has 0 aromatic heterocycles. The molecule has 4 atom stereocenters. The van der Waals surface area contributed by atoms with Crippen molar-refractivity contribution in [2.75, 3.05) is 19.8 Å². The molecule has 7 nitrogen and oxygen atoms in total. The molecule has 0 heterocycles. The fraction of sp³-hybridized carbons (Fsp3) is 1.00. The average molecular weight is 225 g/mol. The van der Waals surface area contributed by atoms with Crippen LogP contribution in [-0.2, 0) is 4.74 Å². The Morgan fingerprint density at radius 1 is 1.07 bits per heavy atom. The third-order valence-corrected chi connectivity index (χ3v) is 1.87. The molecular weight excluding hydrogens is 206 g/mol. The van der Waals surface area contributed by atoms with Crippen LogP contribution in [-0.4, -0.2) is 69.9 Å². The van der Waals surface area contributed by atoms with Gasteiger partial charge in [-0.05, 0) is 6.42 Å². The van der Waals surface area contributed by atoms with Gasteiger partial charge < -0.3 is 36.0 Å². The first-order valence-electron chi connectivity index (χ1n) is 4.69. The molecule has 0 bridgehead atoms. The molecule has 0 spiro atoms. The Morgan fingerprint density at radius 2 is 1.67 bits per heavy atom. The molecule has 0 aromatic rings. The van der Waals surface area contributed by atoms with Crippen LogP contribution in [0.1, 0.15) is 6.42 Å². The van der Waals surface area contributed by atoms with Crippen molar-refractivity contribution in [3.05, 3.63) is 0 Å². The molecule has 0 saturated carbocycles. The molecule has 0 aliphatic rings. The molecule has 92 valence electrons. The number of rotatable bonds is 8. The second-order valence-electron chi connectivity index (χ2n) is 3.11. The molecule has 7 N–H and O–H groups in total. The van der Waals surface area contributed by atoms with Crippen molar-refractivity contribution in [2.45, 2.75) is 31.0 Å². The quantitative estimate of drug-likeness (QED) is 0.239. The van der Waals surface area contributed by atoms with Crippen LogP contribution in [0.5, 0.6) is 0 Å². The van der Waals surface area contributed by atoms with Gasteiger partial charge in [0.1, 0.15) is 12.2 Å². The number of hydrogen-bond acceptors (Lipinski definition) is 7. The van der Waals surface area contributed by atoms with Crippen LogP contribution < -0.4 is 5.73 Å². The maximum atomic E-state index is 9.30. The van der Waals surface area contributed by atoms with E-state index in [1.807, 2.05) is 0 Å². The Balaban J connectivity index is 3.99. The zero-order chi connectivity index (χ0) is 11.8. The lowest BCUT2D eigenvalue weighted by molar-refractivity contribution is -0.201. The lowest BCUT2D eigenvalue weighted by Crippen LogP contribution is -2.46. The number of aliphatic hydroxyl groups is 5. The lowest BCUT2D eigenvalue weighted by Gasteiger charge is -2.25. The van der Waals surface area contributed by atoms with Crippen molar-refractivity contribution in [1.29, 1.82) is 0 Å². The van der Waals surface area contributed by atoms with E-state index in [0.29, 0.717) is 0 Å². The molecule has 0 rings (SSSR count). The second kappa shape index (κ2) is 7.94. The van der Waals surface area contributed by atoms with Crippen molar-refractivity contribution < 1.29 is 30.3 Å². The highest BCUT2D eigenvalue weighted by Gasteiger charge is 2.30. The summed E-state index contributed by atoms with van der Waals surface area (Å²) in [6.07, 6.45) is -6.25. The minimum Gasteiger partial charge on any atom is -0.396 e. The number of ether oxygens (including phenoxy) is 1. The van der Waals surface area contributed by atoms with Gasteiger partial charge in [0.15, 0.2) is 6.29 Å². The van der Waals surface area contributed by atoms with Gasteiger partial charge in [-0.1, -0.05) is 0 Å². The smallest absolute Gasteiger partial charge is 0.183 e. The number of nitrogens with two attached hydrogens (primary N) is 1. The van der Waals surface area contributed by atoms with Crippen molar-refractivity contribution in [2.24, 2.45) is 5.73 Å². The summed E-state index contributed by atoms with van der Waals surface area (Å²) < 4.78 is 4.65. The summed E-state index contributed by atoms with van der Waals surface area (Å²) in [5.41, 5.74) is 5.10. The molecule has 0 fully saturated rings. The average Bonchev–Trinajstić information content (AvgIpc) is 2.24. The topological polar surface area (TPSA) is 136 Å². The highest BCUT2D eigenvalue weighted by molar-refractivity contribution is 4.77. The highest BCUT2D eigenvalue weighted by atomic mass is 16.6. The van der Waals surface area contributed by atoms with Gasteiger partial charge in [0, 0.05) is 13.2 Å². The minimum absolute atomic E-state index is 0.0288. The minimum atomic E-state index is -1.64. The Labute approximate surface area is 87.7 Å². The van der Waals surface area contributed by atoms with Crippen molar-refractivity contribution in [3.63, 3.8) is 0 Å². The van der Waals surface area contributed by atoms with Gasteiger partial charge in [-0.15, -0.1) is 0 Å². The maximum absolute atomic E-state index is 9.30. The fourth-order valence-corrected chi connectivity index (χ4v) is 0.987. The van der Waals surface area contributed by atoms with Crippen molar-refractivity contribution in [3.8, 4) is 0 Å². The predicted molar refractivity (Wildman–Crippen MR) is 50.7 cm³/mol. The Kier molecular flexibility index (Phi) is 7.79. The van der Waals surface area contributed by atoms with E-state index >= 15 is 0 Å². The van der Waals surface area contributed by atoms with E-state index in [9.17, 15) is 20.4 Å². The molecule has 0 radical (unpaired) electrons. The van der Waals surface area contributed by atoms with E-state index in [0.717, 1.165) is 0 Å². The number of aliphatic hydroxyl groups excluding tert-OH is 5. The second-order valence-corrected chi connectivity index (χ2v) is 3.11. The predicted octanol–water partition coefficient (Wildman–Crippen LogP) is -3.25. The van der Waals surface area contributed by atoms with Crippen LogP contribution >= 0.6 is 0 Å². The Bertz CT molecular complexity index is 158. The molecule has 7 heteroatoms. The standard InChI is InChI=1S/C8H19NO6/c9-2-4-15-8(14)7(13)6(12)5(11)1-3-10/h5-8,10-14H,1-4,9H2. The number of hydrogen-bond donors (Lipinski definition) is 6. The monoisotopic (exact) mass is 225 g/mol. The summed E-state index contributed by atoms with van der Waals surface area (Å²) in [5.74, 6) is 0. The molecule has 4 unspecified atom stereocenters. The zero-order valence-electron chi connectivity index (χ0n) is 8.36. The molecular formula is C8H19NO6. The summed E-state index contributed by atoms with van der Waals surface area (Å²) in [6.45, 7) is -0.134. The SMILES string of the molecule is NCCOC(O)C(O)C(O)C(O)CCO. The van der Waals surface area contributed by atoms with Crippen LogP contribution in [0.25, 0.3) is 0 Å². The third-order valence-electron chi connectivity index (χ3n) is 1.87. The van der Waals surface area contributed by atoms with Gasteiger partial charge in [-0.25, -0.2) is 0 Å². The van der Waals surface area contributed by atoms with Crippen LogP contribution in [0.3, 0.4) is 0 Å². The van der Waals surface area contributed by atoms with E-state index in [-0.39, 0.29) is 26.2 Å². The first-order valence-corrected chi connectivity index (χ1v) is 4.69. The van der Waals surface area contributed by atoms with Crippen LogP contribution in [0.4, 0.5) is 0 Å². The van der Waals surface area contributed by atoms with E-state index in [4.69, 9.17) is 10.8 Å². The van der Waals surface area contributed by atoms with Crippen LogP contribution in [0.2, 0.25) is 0 Å². The Hall–Kier alpha value is -0.280. The van der Waals surface area contributed by atoms with Gasteiger partial charge in [0.05, 0.1) is 12.7 Å².